The maximum Gasteiger partial charge on any atom is 0.411 e. The molecule has 8 rings (SSSR count). The van der Waals surface area contributed by atoms with E-state index in [0.29, 0.717) is 42.3 Å². The van der Waals surface area contributed by atoms with Crippen LogP contribution < -0.4 is 14.4 Å². The number of piperazine rings is 1. The molecule has 6 heterocycles. The van der Waals surface area contributed by atoms with E-state index in [0.717, 1.165) is 19.2 Å². The van der Waals surface area contributed by atoms with E-state index in [1.807, 2.05) is 4.90 Å². The minimum Gasteiger partial charge on any atom is -0.468 e. The molecule has 2 aromatic heterocycles. The number of rotatable bonds is 13. The lowest BCUT2D eigenvalue weighted by Crippen LogP contribution is -2.66. The number of carbonyl (C=O) groups excluding carboxylic acids is 1. The first kappa shape index (κ1) is 50.7. The van der Waals surface area contributed by atoms with Gasteiger partial charge in [-0.25, -0.2) is 26.4 Å². The molecule has 4 saturated heterocycles. The molecule has 4 aromatic rings. The van der Waals surface area contributed by atoms with Gasteiger partial charge in [0.25, 0.3) is 0 Å². The van der Waals surface area contributed by atoms with Crippen molar-refractivity contribution >= 4 is 51.5 Å². The number of sulfone groups is 1. The Morgan fingerprint density at radius 2 is 1.72 bits per heavy atom. The van der Waals surface area contributed by atoms with E-state index >= 15 is 8.78 Å². The molecule has 4 aliphatic rings. The summed E-state index contributed by atoms with van der Waals surface area (Å²) in [5.74, 6) is 2.11. The molecule has 4 atom stereocenters. The predicted octanol–water partition coefficient (Wildman–Crippen LogP) is 9.63. The molecule has 374 valence electrons. The van der Waals surface area contributed by atoms with E-state index in [9.17, 15) is 17.6 Å². The molecule has 4 fully saturated rings. The van der Waals surface area contributed by atoms with Crippen LogP contribution in [0.4, 0.5) is 23.8 Å². The van der Waals surface area contributed by atoms with E-state index in [4.69, 9.17) is 33.9 Å². The molecular formula is C51H67F3N6O7SSi. The Morgan fingerprint density at radius 3 is 2.39 bits per heavy atom. The van der Waals surface area contributed by atoms with E-state index in [1.54, 1.807) is 43.9 Å². The molecule has 0 radical (unpaired) electrons. The molecule has 18 heteroatoms. The van der Waals surface area contributed by atoms with Crippen LogP contribution in [0, 0.1) is 23.1 Å². The van der Waals surface area contributed by atoms with Crippen LogP contribution in [-0.2, 0) is 19.3 Å². The molecule has 0 aliphatic carbocycles. The van der Waals surface area contributed by atoms with Gasteiger partial charge >= 0.3 is 12.1 Å². The second-order valence-corrected chi connectivity index (χ2v) is 29.5. The zero-order valence-electron chi connectivity index (χ0n) is 41.8. The monoisotopic (exact) mass is 992 g/mol. The molecule has 2 aromatic carbocycles. The number of pyridine rings is 1. The first-order valence-electron chi connectivity index (χ1n) is 24.2. The van der Waals surface area contributed by atoms with Crippen LogP contribution in [0.5, 0.6) is 11.8 Å². The molecule has 0 spiro atoms. The van der Waals surface area contributed by atoms with Crippen molar-refractivity contribution in [1.82, 2.24) is 24.8 Å². The first-order valence-corrected chi connectivity index (χ1v) is 28.4. The maximum absolute atomic E-state index is 18.1. The number of carbonyl (C=O) groups is 1. The highest BCUT2D eigenvalue weighted by Crippen LogP contribution is 2.46. The van der Waals surface area contributed by atoms with Crippen molar-refractivity contribution in [3.05, 3.63) is 47.7 Å². The van der Waals surface area contributed by atoms with Crippen LogP contribution in [0.25, 0.3) is 32.9 Å². The van der Waals surface area contributed by atoms with Crippen molar-refractivity contribution < 1.29 is 45.3 Å². The van der Waals surface area contributed by atoms with Gasteiger partial charge in [-0.15, -0.1) is 5.54 Å². The molecular weight excluding hydrogens is 926 g/mol. The second-order valence-electron chi connectivity index (χ2n) is 21.8. The number of fused-ring (bicyclic) bond motifs is 5. The summed E-state index contributed by atoms with van der Waals surface area (Å²) in [6.07, 6.45) is 3.71. The van der Waals surface area contributed by atoms with Crippen molar-refractivity contribution in [3.63, 3.8) is 0 Å². The highest BCUT2D eigenvalue weighted by atomic mass is 32.2. The Morgan fingerprint density at radius 1 is 1.00 bits per heavy atom. The number of aromatic nitrogens is 3. The van der Waals surface area contributed by atoms with Gasteiger partial charge in [0, 0.05) is 56.6 Å². The SMILES string of the molecule is COCOc1cc(-c2ncc3c(N4C[C@@H]5CC[C@](CS(C)(=O)=O)(C4)N5C(=O)OC(C)(C)C)nc(OC[C@@]45CCCN4C[C@H](F)C5)nc3c2F)c2c(C#C[Si](C(C)C)(C(C)C)C(C)C)c(F)ccc2c1. The number of ether oxygens (including phenoxy) is 4. The molecule has 0 unspecified atom stereocenters. The molecule has 0 N–H and O–H groups in total. The highest BCUT2D eigenvalue weighted by Gasteiger charge is 2.57. The van der Waals surface area contributed by atoms with Gasteiger partial charge in [-0.3, -0.25) is 14.8 Å². The fraction of sp³-hybridized carbons (Fsp3) is 0.608. The lowest BCUT2D eigenvalue weighted by Gasteiger charge is -2.49. The van der Waals surface area contributed by atoms with Crippen LogP contribution >= 0.6 is 0 Å². The fourth-order valence-electron chi connectivity index (χ4n) is 12.3. The number of alkyl halides is 1. The van der Waals surface area contributed by atoms with Gasteiger partial charge in [0.05, 0.1) is 33.8 Å². The standard InChI is InChI=1S/C51H67F3N6O7SSi/c1-31(2)69(32(3)4,33(5)6)20-16-38-41(53)14-13-34-21-37(66-30-64-10)22-39(42(34)38)44-43(54)45-40(24-55-44)46(57-47(56-45)65-28-50-17-12-19-59(50)25-35(52)23-50)58-26-36-15-18-51(27-58,29-68(11,62)63)60(36)48(61)67-49(7,8)9/h13-14,21-22,24,31-33,35-36H,12,15,17-19,23,25-30H2,1-11H3/t35-,36+,50+,51-/m1/s1. The van der Waals surface area contributed by atoms with Gasteiger partial charge in [-0.1, -0.05) is 53.5 Å². The summed E-state index contributed by atoms with van der Waals surface area (Å²) in [4.78, 5) is 33.9. The second kappa shape index (κ2) is 18.8. The number of anilines is 1. The summed E-state index contributed by atoms with van der Waals surface area (Å²) in [5, 5.41) is 1.10. The van der Waals surface area contributed by atoms with E-state index < -0.39 is 64.5 Å². The largest absolute Gasteiger partial charge is 0.468 e. The van der Waals surface area contributed by atoms with Crippen LogP contribution in [0.2, 0.25) is 16.6 Å². The fourth-order valence-corrected chi connectivity index (χ4v) is 18.8. The predicted molar refractivity (Wildman–Crippen MR) is 265 cm³/mol. The minimum absolute atomic E-state index is 0.0186. The first-order chi connectivity index (χ1) is 32.4. The summed E-state index contributed by atoms with van der Waals surface area (Å²) in [5.41, 5.74) is 1.84. The lowest BCUT2D eigenvalue weighted by molar-refractivity contribution is -0.00215. The van der Waals surface area contributed by atoms with Crippen LogP contribution in [0.1, 0.15) is 100.0 Å². The summed E-state index contributed by atoms with van der Waals surface area (Å²) < 4.78 is 99.4. The molecule has 1 amide bonds. The van der Waals surface area contributed by atoms with Crippen LogP contribution in [0.3, 0.4) is 0 Å². The van der Waals surface area contributed by atoms with Crippen molar-refractivity contribution in [2.75, 3.05) is 63.6 Å². The van der Waals surface area contributed by atoms with Crippen molar-refractivity contribution in [1.29, 1.82) is 0 Å². The number of methoxy groups -OCH3 is 1. The Labute approximate surface area is 405 Å². The summed E-state index contributed by atoms with van der Waals surface area (Å²) >= 11 is 0. The number of hydrogen-bond donors (Lipinski definition) is 0. The zero-order valence-corrected chi connectivity index (χ0v) is 43.7. The van der Waals surface area contributed by atoms with E-state index in [1.165, 1.54) is 19.4 Å². The van der Waals surface area contributed by atoms with Gasteiger partial charge in [0.15, 0.2) is 12.6 Å². The normalized spacial score (nSPS) is 23.1. The number of benzene rings is 2. The quantitative estimate of drug-likeness (QED) is 0.0717. The number of halogens is 3. The van der Waals surface area contributed by atoms with Crippen LogP contribution in [0.15, 0.2) is 30.5 Å². The van der Waals surface area contributed by atoms with Crippen molar-refractivity contribution in [3.8, 4) is 34.5 Å². The maximum atomic E-state index is 18.1. The summed E-state index contributed by atoms with van der Waals surface area (Å²) in [6, 6.07) is 5.67. The molecule has 13 nitrogen and oxygen atoms in total. The van der Waals surface area contributed by atoms with Gasteiger partial charge in [-0.2, -0.15) is 9.97 Å². The third kappa shape index (κ3) is 9.61. The molecule has 4 aliphatic heterocycles. The number of nitrogens with zero attached hydrogens (tertiary/aromatic N) is 6. The highest BCUT2D eigenvalue weighted by molar-refractivity contribution is 7.90. The minimum atomic E-state index is -3.66. The molecule has 2 bridgehead atoms. The van der Waals surface area contributed by atoms with Gasteiger partial charge in [0.1, 0.15) is 64.9 Å². The Balaban J connectivity index is 1.33. The Kier molecular flexibility index (Phi) is 13.8. The van der Waals surface area contributed by atoms with Gasteiger partial charge < -0.3 is 23.8 Å². The zero-order chi connectivity index (χ0) is 50.0. The third-order valence-corrected chi connectivity index (χ3v) is 22.3. The number of amides is 1. The summed E-state index contributed by atoms with van der Waals surface area (Å²) in [7, 11) is -4.56. The lowest BCUT2D eigenvalue weighted by atomic mass is 9.95. The van der Waals surface area contributed by atoms with Crippen molar-refractivity contribution in [2.45, 2.75) is 140 Å². The van der Waals surface area contributed by atoms with E-state index in [-0.39, 0.29) is 94.8 Å². The average Bonchev–Trinajstić information content (AvgIpc) is 3.86. The topological polar surface area (TPSA) is 137 Å². The summed E-state index contributed by atoms with van der Waals surface area (Å²) in [6.45, 7) is 19.6. The van der Waals surface area contributed by atoms with E-state index in [2.05, 4.69) is 57.9 Å². The van der Waals surface area contributed by atoms with Crippen LogP contribution in [-0.4, -0.2) is 135 Å². The van der Waals surface area contributed by atoms with Gasteiger partial charge in [-0.05, 0) is 93.2 Å². The average molecular weight is 993 g/mol. The number of hydrogen-bond acceptors (Lipinski definition) is 12. The Hall–Kier alpha value is -4.70. The smallest absolute Gasteiger partial charge is 0.411 e. The molecule has 69 heavy (non-hydrogen) atoms. The third-order valence-electron chi connectivity index (χ3n) is 14.9. The Bertz CT molecular complexity index is 2800. The van der Waals surface area contributed by atoms with Gasteiger partial charge in [0.2, 0.25) is 0 Å². The molecule has 0 saturated carbocycles. The van der Waals surface area contributed by atoms with Crippen molar-refractivity contribution in [2.24, 2.45) is 0 Å².